The third kappa shape index (κ3) is 53.0. The maximum Gasteiger partial charge on any atom is 0.305 e. The molecule has 0 unspecified atom stereocenters. The van der Waals surface area contributed by atoms with Crippen LogP contribution in [-0.2, 0) is 38.0 Å². The molecule has 0 saturated carbocycles. The Morgan fingerprint density at radius 2 is 0.600 bits per heavy atom. The van der Waals surface area contributed by atoms with Crippen LogP contribution in [-0.4, -0.2) is 100 Å². The molecule has 0 aromatic rings. The van der Waals surface area contributed by atoms with Crippen LogP contribution < -0.4 is 0 Å². The van der Waals surface area contributed by atoms with Crippen molar-refractivity contribution in [1.82, 2.24) is 4.90 Å². The molecule has 0 saturated heterocycles. The van der Waals surface area contributed by atoms with Gasteiger partial charge in [-0.2, -0.15) is 0 Å². The molecule has 0 aromatic carbocycles. The van der Waals surface area contributed by atoms with E-state index in [1.54, 1.807) is 0 Å². The average molecular weight is 999 g/mol. The van der Waals surface area contributed by atoms with Crippen molar-refractivity contribution in [3.05, 3.63) is 0 Å². The number of esters is 2. The van der Waals surface area contributed by atoms with E-state index in [1.807, 2.05) is 0 Å². The van der Waals surface area contributed by atoms with Crippen LogP contribution in [0.15, 0.2) is 0 Å². The molecule has 0 radical (unpaired) electrons. The van der Waals surface area contributed by atoms with Crippen LogP contribution in [0.5, 0.6) is 0 Å². The van der Waals surface area contributed by atoms with Crippen molar-refractivity contribution >= 4 is 11.9 Å². The lowest BCUT2D eigenvalue weighted by molar-refractivity contribution is -0.149. The maximum atomic E-state index is 12.5. The molecule has 10 heteroatoms. The summed E-state index contributed by atoms with van der Waals surface area (Å²) in [6.07, 6.45) is 46.0. The number of unbranched alkanes of at least 4 members (excludes halogenated alkanes) is 29. The topological polar surface area (TPSA) is 113 Å². The molecule has 1 N–H and O–H groups in total. The minimum atomic E-state index is -0.165. The number of nitrogens with zero attached hydrogens (tertiary/aromatic N) is 1. The molecule has 418 valence electrons. The van der Waals surface area contributed by atoms with Gasteiger partial charge in [-0.3, -0.25) is 9.59 Å². The summed E-state index contributed by atoms with van der Waals surface area (Å²) < 4.78 is 35.9. The molecule has 0 aliphatic rings. The molecule has 0 aliphatic carbocycles. The molecule has 0 atom stereocenters. The first-order valence-electron chi connectivity index (χ1n) is 30.6. The van der Waals surface area contributed by atoms with Gasteiger partial charge in [0.25, 0.3) is 0 Å². The van der Waals surface area contributed by atoms with Crippen molar-refractivity contribution in [3.63, 3.8) is 0 Å². The van der Waals surface area contributed by atoms with E-state index < -0.39 is 0 Å². The maximum absolute atomic E-state index is 12.5. The van der Waals surface area contributed by atoms with Gasteiger partial charge in [-0.15, -0.1) is 0 Å². The number of hydrogen-bond acceptors (Lipinski definition) is 10. The van der Waals surface area contributed by atoms with Crippen molar-refractivity contribution in [3.8, 4) is 0 Å². The molecule has 0 rings (SSSR count). The summed E-state index contributed by atoms with van der Waals surface area (Å²) >= 11 is 0. The molecular formula is C60H119NO9. The van der Waals surface area contributed by atoms with Gasteiger partial charge >= 0.3 is 11.9 Å². The first kappa shape index (κ1) is 68.7. The van der Waals surface area contributed by atoms with Crippen molar-refractivity contribution < 1.29 is 43.1 Å². The van der Waals surface area contributed by atoms with Crippen molar-refractivity contribution in [2.75, 3.05) is 65.9 Å². The highest BCUT2D eigenvalue weighted by atomic mass is 16.7. The van der Waals surface area contributed by atoms with Gasteiger partial charge in [0.05, 0.1) is 13.2 Å². The Labute approximate surface area is 434 Å². The van der Waals surface area contributed by atoms with E-state index in [1.165, 1.54) is 128 Å². The molecular weight excluding hydrogens is 879 g/mol. The second-order valence-corrected chi connectivity index (χ2v) is 20.4. The van der Waals surface area contributed by atoms with E-state index >= 15 is 0 Å². The van der Waals surface area contributed by atoms with Crippen LogP contribution in [0, 0.1) is 0 Å². The number of aliphatic hydroxyl groups is 1. The molecule has 10 nitrogen and oxygen atoms in total. The van der Waals surface area contributed by atoms with Crippen LogP contribution >= 0.6 is 0 Å². The van der Waals surface area contributed by atoms with Crippen molar-refractivity contribution in [2.24, 2.45) is 0 Å². The smallest absolute Gasteiger partial charge is 0.305 e. The van der Waals surface area contributed by atoms with Gasteiger partial charge in [-0.1, -0.05) is 182 Å². The van der Waals surface area contributed by atoms with Crippen LogP contribution in [0.1, 0.15) is 297 Å². The van der Waals surface area contributed by atoms with E-state index in [2.05, 4.69) is 32.6 Å². The number of rotatable bonds is 60. The standard InChI is InChI=1S/C60H119NO9/c1-5-9-13-17-23-39-53-67-59(68-54-40-24-18-14-10-6-2)45-31-29-43-57(63)65-51-37-27-21-33-47-61(49-35-36-50-62)48-34-22-28-38-52-66-58(64)44-30-32-46-60(69-55-41-25-19-15-11-7-3)70-56-42-26-20-16-12-8-4/h59-60,62H,5-56H2,1-4H3. The third-order valence-electron chi connectivity index (χ3n) is 13.5. The lowest BCUT2D eigenvalue weighted by Gasteiger charge is -2.22. The highest BCUT2D eigenvalue weighted by Crippen LogP contribution is 2.16. The first-order chi connectivity index (χ1) is 34.5. The Morgan fingerprint density at radius 1 is 0.329 bits per heavy atom. The monoisotopic (exact) mass is 998 g/mol. The molecule has 0 amide bonds. The summed E-state index contributed by atoms with van der Waals surface area (Å²) in [7, 11) is 0. The fourth-order valence-corrected chi connectivity index (χ4v) is 8.86. The lowest BCUT2D eigenvalue weighted by atomic mass is 10.1. The van der Waals surface area contributed by atoms with Gasteiger partial charge in [0.2, 0.25) is 0 Å². The number of carbonyl (C=O) groups is 2. The van der Waals surface area contributed by atoms with Crippen LogP contribution in [0.3, 0.4) is 0 Å². The van der Waals surface area contributed by atoms with Gasteiger partial charge < -0.3 is 38.4 Å². The first-order valence-corrected chi connectivity index (χ1v) is 30.6. The quantitative estimate of drug-likeness (QED) is 0.0359. The van der Waals surface area contributed by atoms with Gasteiger partial charge in [0.15, 0.2) is 12.6 Å². The largest absolute Gasteiger partial charge is 0.466 e. The summed E-state index contributed by atoms with van der Waals surface area (Å²) in [5.41, 5.74) is 0. The van der Waals surface area contributed by atoms with E-state index in [0.29, 0.717) is 26.1 Å². The Hall–Kier alpha value is -1.30. The fourth-order valence-electron chi connectivity index (χ4n) is 8.86. The molecule has 0 aromatic heterocycles. The number of ether oxygens (including phenoxy) is 6. The average Bonchev–Trinajstić information content (AvgIpc) is 3.36. The van der Waals surface area contributed by atoms with Gasteiger partial charge in [0.1, 0.15) is 0 Å². The van der Waals surface area contributed by atoms with Crippen molar-refractivity contribution in [1.29, 1.82) is 0 Å². The molecule has 0 heterocycles. The minimum absolute atomic E-state index is 0.0884. The summed E-state index contributed by atoms with van der Waals surface area (Å²) in [6.45, 7) is 16.4. The van der Waals surface area contributed by atoms with Gasteiger partial charge in [0, 0.05) is 45.9 Å². The second kappa shape index (κ2) is 58.6. The zero-order valence-electron chi connectivity index (χ0n) is 47.1. The summed E-state index contributed by atoms with van der Waals surface area (Å²) in [6, 6.07) is 0. The minimum Gasteiger partial charge on any atom is -0.466 e. The fraction of sp³-hybridized carbons (Fsp3) is 0.967. The molecule has 0 fully saturated rings. The molecule has 0 bridgehead atoms. The molecule has 70 heavy (non-hydrogen) atoms. The van der Waals surface area contributed by atoms with Gasteiger partial charge in [-0.25, -0.2) is 0 Å². The van der Waals surface area contributed by atoms with Crippen LogP contribution in [0.4, 0.5) is 0 Å². The van der Waals surface area contributed by atoms with Crippen LogP contribution in [0.2, 0.25) is 0 Å². The number of carbonyl (C=O) groups excluding carboxylic acids is 2. The Kier molecular flexibility index (Phi) is 57.5. The van der Waals surface area contributed by atoms with Gasteiger partial charge in [-0.05, 0) is 122 Å². The highest BCUT2D eigenvalue weighted by molar-refractivity contribution is 5.69. The second-order valence-electron chi connectivity index (χ2n) is 20.4. The summed E-state index contributed by atoms with van der Waals surface area (Å²) in [5.74, 6) is -0.177. The lowest BCUT2D eigenvalue weighted by Crippen LogP contribution is -2.27. The highest BCUT2D eigenvalue weighted by Gasteiger charge is 2.13. The number of hydrogen-bond donors (Lipinski definition) is 1. The van der Waals surface area contributed by atoms with E-state index in [0.717, 1.165) is 174 Å². The Balaban J connectivity index is 4.22. The van der Waals surface area contributed by atoms with Crippen molar-refractivity contribution in [2.45, 2.75) is 310 Å². The predicted molar refractivity (Wildman–Crippen MR) is 293 cm³/mol. The Morgan fingerprint density at radius 3 is 0.914 bits per heavy atom. The molecule has 0 spiro atoms. The van der Waals surface area contributed by atoms with E-state index in [4.69, 9.17) is 28.4 Å². The summed E-state index contributed by atoms with van der Waals surface area (Å²) in [5, 5.41) is 9.35. The van der Waals surface area contributed by atoms with E-state index in [9.17, 15) is 14.7 Å². The Bertz CT molecular complexity index is 924. The normalized spacial score (nSPS) is 11.8. The zero-order valence-corrected chi connectivity index (χ0v) is 47.1. The number of aliphatic hydroxyl groups excluding tert-OH is 1. The SMILES string of the molecule is CCCCCCCCOC(CCCCC(=O)OCCCCCCN(CCCCO)CCCCCCOC(=O)CCCCC(OCCCCCCCC)OCCCCCCCC)OCCCCCCCC. The van der Waals surface area contributed by atoms with E-state index in [-0.39, 0.29) is 31.1 Å². The summed E-state index contributed by atoms with van der Waals surface area (Å²) in [4.78, 5) is 27.5. The predicted octanol–water partition coefficient (Wildman–Crippen LogP) is 16.5. The third-order valence-corrected chi connectivity index (χ3v) is 13.5. The molecule has 0 aliphatic heterocycles. The zero-order chi connectivity index (χ0) is 50.9. The van der Waals surface area contributed by atoms with Crippen LogP contribution in [0.25, 0.3) is 0 Å².